The van der Waals surface area contributed by atoms with E-state index in [-0.39, 0.29) is 0 Å². The van der Waals surface area contributed by atoms with Gasteiger partial charge < -0.3 is 4.74 Å². The minimum atomic E-state index is -0.429. The van der Waals surface area contributed by atoms with Crippen molar-refractivity contribution in [3.8, 4) is 6.07 Å². The minimum absolute atomic E-state index is 0.409. The number of nitrogens with zero attached hydrogens (tertiary/aromatic N) is 1. The van der Waals surface area contributed by atoms with Crippen LogP contribution in [0.2, 0.25) is 0 Å². The molecule has 0 aliphatic rings. The smallest absolute Gasteiger partial charge is 0.336 e. The van der Waals surface area contributed by atoms with Gasteiger partial charge in [-0.1, -0.05) is 6.07 Å². The molecular weight excluding hydrogens is 181 g/mol. The average molecular weight is 187 g/mol. The molecule has 1 aromatic carbocycles. The highest BCUT2D eigenvalue weighted by Crippen LogP contribution is 2.02. The molecule has 0 amide bonds. The van der Waals surface area contributed by atoms with Crippen LogP contribution in [0.4, 0.5) is 0 Å². The van der Waals surface area contributed by atoms with Gasteiger partial charge >= 0.3 is 5.97 Å². The Morgan fingerprint density at radius 3 is 2.85 bits per heavy atom. The Kier molecular flexibility index (Phi) is 3.08. The van der Waals surface area contributed by atoms with Gasteiger partial charge in [-0.3, -0.25) is 0 Å². The summed E-state index contributed by atoms with van der Waals surface area (Å²) < 4.78 is 5.28. The molecule has 0 atom stereocenters. The summed E-state index contributed by atoms with van der Waals surface area (Å²) in [5, 5.41) is 8.60. The van der Waals surface area contributed by atoms with E-state index in [1.807, 2.05) is 6.07 Å². The standard InChI is InChI=1S/C9H6NO2.Al/c1-12-9(11)8-4-2-3-7(5-8)6-10;/h2-3,5H,1H3;. The lowest BCUT2D eigenvalue weighted by molar-refractivity contribution is 0.0602. The third kappa shape index (κ3) is 2.09. The number of nitriles is 1. The van der Waals surface area contributed by atoms with Crippen LogP contribution in [0.1, 0.15) is 15.9 Å². The van der Waals surface area contributed by atoms with E-state index in [1.165, 1.54) is 13.2 Å². The molecule has 0 bridgehead atoms. The number of hydrogen-bond donors (Lipinski definition) is 0. The van der Waals surface area contributed by atoms with Gasteiger partial charge in [0.25, 0.3) is 0 Å². The number of carbonyl (C=O) groups is 1. The van der Waals surface area contributed by atoms with Crippen LogP contribution in [0.5, 0.6) is 0 Å². The molecule has 13 heavy (non-hydrogen) atoms. The molecule has 3 nitrogen and oxygen atoms in total. The van der Waals surface area contributed by atoms with E-state index in [9.17, 15) is 4.79 Å². The molecule has 0 saturated heterocycles. The lowest BCUT2D eigenvalue weighted by atomic mass is 10.1. The van der Waals surface area contributed by atoms with Gasteiger partial charge in [0.2, 0.25) is 0 Å². The summed E-state index contributed by atoms with van der Waals surface area (Å²) in [4.78, 5) is 11.2. The van der Waals surface area contributed by atoms with Gasteiger partial charge in [0.1, 0.15) is 0 Å². The summed E-state index contributed by atoms with van der Waals surface area (Å²) >= 11 is 2.42. The number of carbonyl (C=O) groups excluding carboxylic acids is 1. The average Bonchev–Trinajstić information content (AvgIpc) is 2.17. The van der Waals surface area contributed by atoms with Gasteiger partial charge in [-0.05, 0) is 12.1 Å². The van der Waals surface area contributed by atoms with Crippen LogP contribution in [-0.4, -0.2) is 29.4 Å². The second-order valence-corrected chi connectivity index (χ2v) is 3.03. The third-order valence-electron chi connectivity index (χ3n) is 1.59. The van der Waals surface area contributed by atoms with Crippen LogP contribution in [0, 0.1) is 11.3 Å². The van der Waals surface area contributed by atoms with E-state index in [0.717, 1.165) is 4.43 Å². The maximum atomic E-state index is 11.2. The Morgan fingerprint density at radius 2 is 2.31 bits per heavy atom. The zero-order valence-corrected chi connectivity index (χ0v) is 8.23. The van der Waals surface area contributed by atoms with E-state index in [1.54, 1.807) is 12.1 Å². The van der Waals surface area contributed by atoms with Gasteiger partial charge in [0.15, 0.2) is 16.3 Å². The Labute approximate surface area is 84.4 Å². The Morgan fingerprint density at radius 1 is 1.62 bits per heavy atom. The first-order valence-corrected chi connectivity index (χ1v) is 4.14. The zero-order valence-electron chi connectivity index (χ0n) is 7.07. The van der Waals surface area contributed by atoms with Crippen molar-refractivity contribution in [1.82, 2.24) is 0 Å². The predicted octanol–water partition coefficient (Wildman–Crippen LogP) is 0.139. The molecule has 0 unspecified atom stereocenters. The summed E-state index contributed by atoms with van der Waals surface area (Å²) in [5.41, 5.74) is 0.859. The van der Waals surface area contributed by atoms with Crippen molar-refractivity contribution in [3.05, 3.63) is 29.3 Å². The molecule has 1 rings (SSSR count). The summed E-state index contributed by atoms with van der Waals surface area (Å²) in [5.74, 6) is -0.429. The molecule has 62 valence electrons. The largest absolute Gasteiger partial charge is 0.465 e. The van der Waals surface area contributed by atoms with Crippen LogP contribution in [-0.2, 0) is 4.74 Å². The van der Waals surface area contributed by atoms with Crippen LogP contribution in [0.25, 0.3) is 0 Å². The molecule has 4 heteroatoms. The molecule has 0 aromatic heterocycles. The van der Waals surface area contributed by atoms with Gasteiger partial charge in [-0.2, -0.15) is 5.26 Å². The lowest BCUT2D eigenvalue weighted by Crippen LogP contribution is -2.17. The predicted molar refractivity (Wildman–Crippen MR) is 47.9 cm³/mol. The summed E-state index contributed by atoms with van der Waals surface area (Å²) in [7, 11) is 1.31. The van der Waals surface area contributed by atoms with E-state index in [2.05, 4.69) is 21.0 Å². The Hall–Kier alpha value is -1.29. The third-order valence-corrected chi connectivity index (χ3v) is 2.09. The summed E-state index contributed by atoms with van der Waals surface area (Å²) in [6.45, 7) is 0. The highest BCUT2D eigenvalue weighted by Gasteiger charge is 2.08. The Balaban J connectivity index is 3.20. The molecule has 1 aromatic rings. The van der Waals surface area contributed by atoms with E-state index in [4.69, 9.17) is 5.26 Å². The highest BCUT2D eigenvalue weighted by atomic mass is 27.0. The van der Waals surface area contributed by atoms with Crippen molar-refractivity contribution in [2.24, 2.45) is 0 Å². The zero-order chi connectivity index (χ0) is 9.84. The number of methoxy groups -OCH3 is 1. The summed E-state index contributed by atoms with van der Waals surface area (Å²) in [6.07, 6.45) is 0. The number of rotatable bonds is 1. The normalized spacial score (nSPS) is 8.92. The van der Waals surface area contributed by atoms with Crippen molar-refractivity contribution in [2.75, 3.05) is 7.11 Å². The fraction of sp³-hybridized carbons (Fsp3) is 0.111. The fourth-order valence-corrected chi connectivity index (χ4v) is 1.21. The molecule has 0 fully saturated rings. The molecular formula is C9H6AlNO2. The number of esters is 1. The molecule has 0 saturated carbocycles. The molecule has 0 heterocycles. The van der Waals surface area contributed by atoms with Gasteiger partial charge in [0.05, 0.1) is 18.7 Å². The molecule has 0 N–H and O–H groups in total. The van der Waals surface area contributed by atoms with Crippen molar-refractivity contribution < 1.29 is 9.53 Å². The lowest BCUT2D eigenvalue weighted by Gasteiger charge is -2.03. The minimum Gasteiger partial charge on any atom is -0.465 e. The van der Waals surface area contributed by atoms with Crippen LogP contribution in [0.3, 0.4) is 0 Å². The second-order valence-electron chi connectivity index (χ2n) is 2.41. The van der Waals surface area contributed by atoms with Gasteiger partial charge in [-0.15, -0.1) is 4.43 Å². The van der Waals surface area contributed by atoms with Gasteiger partial charge in [0, 0.05) is 5.56 Å². The SMILES string of the molecule is COC(=O)c1cc(C#N)cc[c]1[Al]. The topological polar surface area (TPSA) is 50.1 Å². The quantitative estimate of drug-likeness (QED) is 0.464. The molecule has 0 aliphatic heterocycles. The van der Waals surface area contributed by atoms with Crippen molar-refractivity contribution in [1.29, 1.82) is 5.26 Å². The molecule has 0 spiro atoms. The highest BCUT2D eigenvalue weighted by molar-refractivity contribution is 6.36. The first-order chi connectivity index (χ1) is 6.19. The van der Waals surface area contributed by atoms with E-state index in [0.29, 0.717) is 11.1 Å². The maximum absolute atomic E-state index is 11.2. The van der Waals surface area contributed by atoms with Crippen LogP contribution in [0.15, 0.2) is 18.2 Å². The number of ether oxygens (including phenoxy) is 1. The van der Waals surface area contributed by atoms with Crippen LogP contribution < -0.4 is 4.43 Å². The second kappa shape index (κ2) is 4.09. The fourth-order valence-electron chi connectivity index (χ4n) is 0.913. The number of hydrogen-bond acceptors (Lipinski definition) is 3. The van der Waals surface area contributed by atoms with E-state index >= 15 is 0 Å². The molecule has 2 radical (unpaired) electrons. The maximum Gasteiger partial charge on any atom is 0.336 e. The first kappa shape index (κ1) is 9.80. The van der Waals surface area contributed by atoms with E-state index < -0.39 is 5.97 Å². The van der Waals surface area contributed by atoms with Crippen molar-refractivity contribution in [3.63, 3.8) is 0 Å². The van der Waals surface area contributed by atoms with Gasteiger partial charge in [-0.25, -0.2) is 4.79 Å². The first-order valence-electron chi connectivity index (χ1n) is 3.57. The molecule has 0 aliphatic carbocycles. The number of benzene rings is 1. The van der Waals surface area contributed by atoms with Crippen LogP contribution >= 0.6 is 0 Å². The Bertz CT molecular complexity index is 382. The van der Waals surface area contributed by atoms with Crippen molar-refractivity contribution >= 4 is 26.7 Å². The monoisotopic (exact) mass is 187 g/mol. The summed E-state index contributed by atoms with van der Waals surface area (Å²) in [6, 6.07) is 6.80. The van der Waals surface area contributed by atoms with Crippen molar-refractivity contribution in [2.45, 2.75) is 0 Å².